The molecule has 3 rings (SSSR count). The summed E-state index contributed by atoms with van der Waals surface area (Å²) in [7, 11) is -2.78. The van der Waals surface area contributed by atoms with Gasteiger partial charge in [0.1, 0.15) is 18.3 Å². The Balaban J connectivity index is 2.10. The molecule has 0 radical (unpaired) electrons. The molecule has 0 aliphatic heterocycles. The maximum absolute atomic E-state index is 14.1. The second-order valence-electron chi connectivity index (χ2n) is 10.8. The monoisotopic (exact) mass is 697 g/mol. The minimum Gasteiger partial charge on any atom is -0.496 e. The lowest BCUT2D eigenvalue weighted by molar-refractivity contribution is -0.140. The molecule has 0 spiro atoms. The predicted octanol–water partition coefficient (Wildman–Crippen LogP) is 6.60. The van der Waals surface area contributed by atoms with Crippen LogP contribution >= 0.6 is 39.1 Å². The number of nitrogens with one attached hydrogen (secondary N) is 1. The average Bonchev–Trinajstić information content (AvgIpc) is 2.90. The van der Waals surface area contributed by atoms with Crippen molar-refractivity contribution in [1.29, 1.82) is 0 Å². The Bertz CT molecular complexity index is 1540. The SMILES string of the molecule is COc1ccc(S(=O)(=O)N(CC(=O)N(Cc2c(Cl)cccc2Cl)C(C)C(=O)NC(C)(C)C)c2ccc(C)cc2)cc1Br. The number of hydrogen-bond donors (Lipinski definition) is 1. The van der Waals surface area contributed by atoms with Gasteiger partial charge < -0.3 is 15.0 Å². The number of amides is 2. The van der Waals surface area contributed by atoms with Gasteiger partial charge in [0.05, 0.1) is 22.2 Å². The molecular formula is C30H34BrCl2N3O5S. The summed E-state index contributed by atoms with van der Waals surface area (Å²) in [5.41, 5.74) is 1.06. The maximum atomic E-state index is 14.1. The Hall–Kier alpha value is -2.79. The zero-order valence-corrected chi connectivity index (χ0v) is 28.2. The largest absolute Gasteiger partial charge is 0.496 e. The molecule has 0 aliphatic carbocycles. The van der Waals surface area contributed by atoms with Gasteiger partial charge in [-0.1, -0.05) is 47.0 Å². The Morgan fingerprint density at radius 2 is 1.62 bits per heavy atom. The summed E-state index contributed by atoms with van der Waals surface area (Å²) in [6.45, 7) is 8.22. The number of anilines is 1. The lowest BCUT2D eigenvalue weighted by Crippen LogP contribution is -2.54. The van der Waals surface area contributed by atoms with Crippen molar-refractivity contribution in [2.45, 2.75) is 57.6 Å². The molecule has 0 aliphatic rings. The molecule has 0 saturated carbocycles. The van der Waals surface area contributed by atoms with Gasteiger partial charge >= 0.3 is 0 Å². The molecule has 226 valence electrons. The Kier molecular flexibility index (Phi) is 11.0. The molecule has 0 bridgehead atoms. The van der Waals surface area contributed by atoms with E-state index in [2.05, 4.69) is 21.2 Å². The van der Waals surface area contributed by atoms with E-state index in [1.165, 1.54) is 30.2 Å². The standard InChI is InChI=1S/C30H34BrCl2N3O5S/c1-19-10-12-21(13-11-19)36(42(39,40)22-14-15-27(41-6)24(31)16-22)18-28(37)35(20(2)29(38)34-30(3,4)5)17-23-25(32)8-7-9-26(23)33/h7-16,20H,17-18H2,1-6H3,(H,34,38). The molecule has 0 heterocycles. The van der Waals surface area contributed by atoms with Crippen molar-refractivity contribution < 1.29 is 22.7 Å². The van der Waals surface area contributed by atoms with E-state index in [9.17, 15) is 18.0 Å². The first-order valence-corrected chi connectivity index (χ1v) is 16.0. The van der Waals surface area contributed by atoms with E-state index in [0.29, 0.717) is 25.8 Å². The highest BCUT2D eigenvalue weighted by atomic mass is 79.9. The first kappa shape index (κ1) is 33.7. The van der Waals surface area contributed by atoms with Crippen molar-refractivity contribution in [2.75, 3.05) is 18.0 Å². The fourth-order valence-corrected chi connectivity index (χ4v) is 6.74. The number of hydrogen-bond acceptors (Lipinski definition) is 5. The number of aryl methyl sites for hydroxylation is 1. The molecule has 42 heavy (non-hydrogen) atoms. The van der Waals surface area contributed by atoms with Crippen molar-refractivity contribution >= 4 is 66.7 Å². The Labute approximate surface area is 266 Å². The molecule has 2 amide bonds. The number of methoxy groups -OCH3 is 1. The number of halogens is 3. The molecule has 1 unspecified atom stereocenters. The Morgan fingerprint density at radius 3 is 2.14 bits per heavy atom. The molecule has 3 aromatic rings. The van der Waals surface area contributed by atoms with Crippen LogP contribution in [0.4, 0.5) is 5.69 Å². The van der Waals surface area contributed by atoms with Gasteiger partial charge in [-0.15, -0.1) is 0 Å². The average molecular weight is 699 g/mol. The molecule has 0 aromatic heterocycles. The van der Waals surface area contributed by atoms with Crippen LogP contribution < -0.4 is 14.4 Å². The van der Waals surface area contributed by atoms with Crippen LogP contribution in [0.2, 0.25) is 10.0 Å². The van der Waals surface area contributed by atoms with E-state index >= 15 is 0 Å². The maximum Gasteiger partial charge on any atom is 0.264 e. The van der Waals surface area contributed by atoms with Gasteiger partial charge in [0, 0.05) is 27.7 Å². The summed E-state index contributed by atoms with van der Waals surface area (Å²) >= 11 is 16.2. The third kappa shape index (κ3) is 8.18. The van der Waals surface area contributed by atoms with Gasteiger partial charge in [-0.05, 0) is 93.0 Å². The number of carbonyl (C=O) groups excluding carboxylic acids is 2. The van der Waals surface area contributed by atoms with Crippen LogP contribution in [0, 0.1) is 6.92 Å². The number of benzene rings is 3. The third-order valence-electron chi connectivity index (χ3n) is 6.37. The number of nitrogens with zero attached hydrogens (tertiary/aromatic N) is 2. The van der Waals surface area contributed by atoms with Gasteiger partial charge in [-0.2, -0.15) is 0 Å². The van der Waals surface area contributed by atoms with Gasteiger partial charge in [0.15, 0.2) is 0 Å². The zero-order chi connectivity index (χ0) is 31.4. The van der Waals surface area contributed by atoms with Crippen LogP contribution in [-0.2, 0) is 26.2 Å². The van der Waals surface area contributed by atoms with Crippen molar-refractivity contribution in [3.8, 4) is 5.75 Å². The highest BCUT2D eigenvalue weighted by Gasteiger charge is 2.34. The predicted molar refractivity (Wildman–Crippen MR) is 171 cm³/mol. The van der Waals surface area contributed by atoms with Crippen molar-refractivity contribution in [2.24, 2.45) is 0 Å². The number of rotatable bonds is 10. The van der Waals surface area contributed by atoms with E-state index in [1.54, 1.807) is 49.4 Å². The lowest BCUT2D eigenvalue weighted by atomic mass is 10.1. The molecule has 1 atom stereocenters. The Morgan fingerprint density at radius 1 is 1.02 bits per heavy atom. The van der Waals surface area contributed by atoms with Gasteiger partial charge in [-0.25, -0.2) is 8.42 Å². The molecule has 8 nitrogen and oxygen atoms in total. The van der Waals surface area contributed by atoms with E-state index in [-0.39, 0.29) is 17.1 Å². The number of ether oxygens (including phenoxy) is 1. The fourth-order valence-electron chi connectivity index (χ4n) is 4.08. The molecule has 0 fully saturated rings. The van der Waals surface area contributed by atoms with Crippen molar-refractivity contribution in [3.63, 3.8) is 0 Å². The summed E-state index contributed by atoms with van der Waals surface area (Å²) in [5.74, 6) is -0.587. The fraction of sp³-hybridized carbons (Fsp3) is 0.333. The van der Waals surface area contributed by atoms with E-state index < -0.39 is 40.0 Å². The van der Waals surface area contributed by atoms with Crippen LogP contribution in [-0.4, -0.2) is 50.4 Å². The summed E-state index contributed by atoms with van der Waals surface area (Å²) in [6, 6.07) is 15.1. The molecular weight excluding hydrogens is 665 g/mol. The van der Waals surface area contributed by atoms with Crippen LogP contribution in [0.25, 0.3) is 0 Å². The highest BCUT2D eigenvalue weighted by molar-refractivity contribution is 9.10. The number of carbonyl (C=O) groups is 2. The number of sulfonamides is 1. The second-order valence-corrected chi connectivity index (χ2v) is 14.3. The van der Waals surface area contributed by atoms with Crippen LogP contribution in [0.1, 0.15) is 38.8 Å². The molecule has 3 aromatic carbocycles. The summed E-state index contributed by atoms with van der Waals surface area (Å²) < 4.78 is 34.8. The molecule has 0 saturated heterocycles. The van der Waals surface area contributed by atoms with Gasteiger partial charge in [0.2, 0.25) is 11.8 Å². The van der Waals surface area contributed by atoms with E-state index in [0.717, 1.165) is 9.87 Å². The quantitative estimate of drug-likeness (QED) is 0.258. The normalized spacial score (nSPS) is 12.4. The minimum atomic E-state index is -4.26. The molecule has 12 heteroatoms. The van der Waals surface area contributed by atoms with Crippen molar-refractivity contribution in [1.82, 2.24) is 10.2 Å². The van der Waals surface area contributed by atoms with Crippen molar-refractivity contribution in [3.05, 3.63) is 86.3 Å². The topological polar surface area (TPSA) is 96.0 Å². The molecule has 1 N–H and O–H groups in total. The second kappa shape index (κ2) is 13.7. The van der Waals surface area contributed by atoms with E-state index in [1.807, 2.05) is 27.7 Å². The minimum absolute atomic E-state index is 0.0530. The smallest absolute Gasteiger partial charge is 0.264 e. The van der Waals surface area contributed by atoms with Crippen LogP contribution in [0.5, 0.6) is 5.75 Å². The van der Waals surface area contributed by atoms with Gasteiger partial charge in [-0.3, -0.25) is 13.9 Å². The summed E-state index contributed by atoms with van der Waals surface area (Å²) in [5, 5.41) is 3.52. The van der Waals surface area contributed by atoms with E-state index in [4.69, 9.17) is 27.9 Å². The summed E-state index contributed by atoms with van der Waals surface area (Å²) in [4.78, 5) is 28.6. The van der Waals surface area contributed by atoms with Crippen LogP contribution in [0.15, 0.2) is 70.0 Å². The zero-order valence-electron chi connectivity index (χ0n) is 24.2. The first-order valence-electron chi connectivity index (χ1n) is 13.0. The lowest BCUT2D eigenvalue weighted by Gasteiger charge is -2.34. The third-order valence-corrected chi connectivity index (χ3v) is 9.47. The van der Waals surface area contributed by atoms with Crippen LogP contribution in [0.3, 0.4) is 0 Å². The highest BCUT2D eigenvalue weighted by Crippen LogP contribution is 2.32. The first-order chi connectivity index (χ1) is 19.5. The summed E-state index contributed by atoms with van der Waals surface area (Å²) in [6.07, 6.45) is 0. The van der Waals surface area contributed by atoms with Gasteiger partial charge in [0.25, 0.3) is 10.0 Å².